The van der Waals surface area contributed by atoms with Crippen LogP contribution in [0.5, 0.6) is 28.7 Å². The second-order valence-corrected chi connectivity index (χ2v) is 6.74. The highest BCUT2D eigenvalue weighted by molar-refractivity contribution is 6.14. The summed E-state index contributed by atoms with van der Waals surface area (Å²) in [6.07, 6.45) is 3.30. The number of ether oxygens (including phenoxy) is 5. The van der Waals surface area contributed by atoms with Gasteiger partial charge in [-0.15, -0.1) is 0 Å². The Hall–Kier alpha value is -3.48. The summed E-state index contributed by atoms with van der Waals surface area (Å²) >= 11 is 0. The zero-order valence-electron chi connectivity index (χ0n) is 16.3. The van der Waals surface area contributed by atoms with E-state index in [1.54, 1.807) is 36.4 Å². The summed E-state index contributed by atoms with van der Waals surface area (Å²) in [5.41, 5.74) is 1.00. The number of carbonyl (C=O) groups excluding carboxylic acids is 2. The summed E-state index contributed by atoms with van der Waals surface area (Å²) in [7, 11) is 4.58. The van der Waals surface area contributed by atoms with Crippen molar-refractivity contribution in [2.24, 2.45) is 5.92 Å². The molecule has 2 aliphatic rings. The zero-order chi connectivity index (χ0) is 20.5. The summed E-state index contributed by atoms with van der Waals surface area (Å²) < 4.78 is 27.1. The number of fused-ring (bicyclic) bond motifs is 1. The van der Waals surface area contributed by atoms with E-state index in [0.29, 0.717) is 39.9 Å². The molecule has 1 fully saturated rings. The summed E-state index contributed by atoms with van der Waals surface area (Å²) in [5.74, 6) is 1.82. The number of carbonyl (C=O) groups is 2. The topological polar surface area (TPSA) is 80.3 Å². The van der Waals surface area contributed by atoms with Gasteiger partial charge in [-0.25, -0.2) is 0 Å². The van der Waals surface area contributed by atoms with E-state index in [2.05, 4.69) is 0 Å². The molecular formula is C22H20O7. The Kier molecular flexibility index (Phi) is 4.88. The standard InChI is InChI=1S/C22H20O7/c1-25-16-11-19(27-3)18(26-2)8-13(16)9-20-21(23)15-7-6-14(10-17(15)29-20)28-22(24)12-4-5-12/h6-12H,4-5H2,1-3H3/b20-9-. The number of ketones is 1. The third-order valence-electron chi connectivity index (χ3n) is 4.79. The van der Waals surface area contributed by atoms with Crippen molar-refractivity contribution in [1.29, 1.82) is 0 Å². The van der Waals surface area contributed by atoms with E-state index in [1.165, 1.54) is 21.3 Å². The maximum atomic E-state index is 12.7. The SMILES string of the molecule is COc1cc(OC)c(OC)cc1/C=C1\Oc2cc(OC(=O)C3CC3)ccc2C1=O. The smallest absolute Gasteiger partial charge is 0.314 e. The van der Waals surface area contributed by atoms with Crippen LogP contribution >= 0.6 is 0 Å². The molecule has 1 heterocycles. The van der Waals surface area contributed by atoms with Crippen LogP contribution in [0.15, 0.2) is 36.1 Å². The van der Waals surface area contributed by atoms with Gasteiger partial charge in [-0.2, -0.15) is 0 Å². The lowest BCUT2D eigenvalue weighted by Gasteiger charge is -2.12. The maximum Gasteiger partial charge on any atom is 0.314 e. The molecule has 0 spiro atoms. The molecule has 0 amide bonds. The Balaban J connectivity index is 1.63. The van der Waals surface area contributed by atoms with Crippen LogP contribution < -0.4 is 23.7 Å². The number of esters is 1. The number of rotatable bonds is 6. The van der Waals surface area contributed by atoms with Crippen LogP contribution in [0, 0.1) is 5.92 Å². The van der Waals surface area contributed by atoms with Gasteiger partial charge in [-0.3, -0.25) is 9.59 Å². The van der Waals surface area contributed by atoms with E-state index < -0.39 is 0 Å². The zero-order valence-corrected chi connectivity index (χ0v) is 16.3. The number of hydrogen-bond donors (Lipinski definition) is 0. The minimum atomic E-state index is -0.267. The molecule has 0 radical (unpaired) electrons. The van der Waals surface area contributed by atoms with E-state index in [-0.39, 0.29) is 23.4 Å². The second kappa shape index (κ2) is 7.50. The Morgan fingerprint density at radius 2 is 1.69 bits per heavy atom. The maximum absolute atomic E-state index is 12.7. The van der Waals surface area contributed by atoms with E-state index in [4.69, 9.17) is 23.7 Å². The number of Topliss-reactive ketones (excluding diaryl/α,β-unsaturated/α-hetero) is 1. The van der Waals surface area contributed by atoms with Crippen LogP contribution in [-0.2, 0) is 4.79 Å². The molecule has 0 saturated heterocycles. The van der Waals surface area contributed by atoms with Crippen molar-refractivity contribution in [3.05, 3.63) is 47.2 Å². The molecule has 0 N–H and O–H groups in total. The fourth-order valence-electron chi connectivity index (χ4n) is 3.06. The van der Waals surface area contributed by atoms with E-state index in [0.717, 1.165) is 12.8 Å². The number of benzene rings is 2. The first-order chi connectivity index (χ1) is 14.0. The van der Waals surface area contributed by atoms with Gasteiger partial charge in [-0.1, -0.05) is 0 Å². The van der Waals surface area contributed by atoms with Crippen LogP contribution in [0.4, 0.5) is 0 Å². The molecule has 4 rings (SSSR count). The molecule has 150 valence electrons. The molecule has 0 atom stereocenters. The van der Waals surface area contributed by atoms with Gasteiger partial charge in [0.15, 0.2) is 17.3 Å². The van der Waals surface area contributed by atoms with Gasteiger partial charge in [0, 0.05) is 17.7 Å². The molecule has 1 aliphatic carbocycles. The third-order valence-corrected chi connectivity index (χ3v) is 4.79. The van der Waals surface area contributed by atoms with E-state index in [9.17, 15) is 9.59 Å². The first-order valence-electron chi connectivity index (χ1n) is 9.14. The van der Waals surface area contributed by atoms with Crippen LogP contribution in [-0.4, -0.2) is 33.1 Å². The van der Waals surface area contributed by atoms with Gasteiger partial charge in [0.05, 0.1) is 32.8 Å². The van der Waals surface area contributed by atoms with Crippen molar-refractivity contribution < 1.29 is 33.3 Å². The van der Waals surface area contributed by atoms with Crippen molar-refractivity contribution in [2.45, 2.75) is 12.8 Å². The van der Waals surface area contributed by atoms with Crippen LogP contribution in [0.25, 0.3) is 6.08 Å². The minimum absolute atomic E-state index is 0.0150. The quantitative estimate of drug-likeness (QED) is 0.419. The normalized spacial score (nSPS) is 16.2. The van der Waals surface area contributed by atoms with Gasteiger partial charge < -0.3 is 23.7 Å². The predicted octanol–water partition coefficient (Wildman–Crippen LogP) is 3.64. The van der Waals surface area contributed by atoms with E-state index in [1.807, 2.05) is 0 Å². The molecule has 2 aromatic carbocycles. The van der Waals surface area contributed by atoms with Crippen molar-refractivity contribution in [3.8, 4) is 28.7 Å². The molecule has 0 unspecified atom stereocenters. The van der Waals surface area contributed by atoms with Gasteiger partial charge in [0.2, 0.25) is 5.78 Å². The van der Waals surface area contributed by atoms with Gasteiger partial charge >= 0.3 is 5.97 Å². The first-order valence-corrected chi connectivity index (χ1v) is 9.14. The Bertz CT molecular complexity index is 1020. The molecule has 7 heteroatoms. The lowest BCUT2D eigenvalue weighted by atomic mass is 10.1. The first kappa shape index (κ1) is 18.9. The Morgan fingerprint density at radius 1 is 1.00 bits per heavy atom. The van der Waals surface area contributed by atoms with Crippen molar-refractivity contribution in [3.63, 3.8) is 0 Å². The van der Waals surface area contributed by atoms with Crippen molar-refractivity contribution in [2.75, 3.05) is 21.3 Å². The lowest BCUT2D eigenvalue weighted by Crippen LogP contribution is -2.09. The highest BCUT2D eigenvalue weighted by Gasteiger charge is 2.33. The van der Waals surface area contributed by atoms with Gasteiger partial charge in [-0.05, 0) is 37.1 Å². The van der Waals surface area contributed by atoms with Crippen LogP contribution in [0.1, 0.15) is 28.8 Å². The molecule has 7 nitrogen and oxygen atoms in total. The van der Waals surface area contributed by atoms with Crippen molar-refractivity contribution in [1.82, 2.24) is 0 Å². The molecule has 2 aromatic rings. The van der Waals surface area contributed by atoms with Crippen LogP contribution in [0.2, 0.25) is 0 Å². The average molecular weight is 396 g/mol. The lowest BCUT2D eigenvalue weighted by molar-refractivity contribution is -0.135. The molecule has 0 aromatic heterocycles. The van der Waals surface area contributed by atoms with Gasteiger partial charge in [0.25, 0.3) is 0 Å². The molecule has 29 heavy (non-hydrogen) atoms. The molecular weight excluding hydrogens is 376 g/mol. The summed E-state index contributed by atoms with van der Waals surface area (Å²) in [6, 6.07) is 8.13. The highest BCUT2D eigenvalue weighted by atomic mass is 16.5. The number of allylic oxidation sites excluding steroid dienone is 1. The van der Waals surface area contributed by atoms with E-state index >= 15 is 0 Å². The molecule has 1 saturated carbocycles. The van der Waals surface area contributed by atoms with Crippen molar-refractivity contribution >= 4 is 17.8 Å². The molecule has 0 bridgehead atoms. The number of hydrogen-bond acceptors (Lipinski definition) is 7. The second-order valence-electron chi connectivity index (χ2n) is 6.74. The fourth-order valence-corrected chi connectivity index (χ4v) is 3.06. The largest absolute Gasteiger partial charge is 0.496 e. The third kappa shape index (κ3) is 3.63. The number of methoxy groups -OCH3 is 3. The Morgan fingerprint density at radius 3 is 2.34 bits per heavy atom. The monoisotopic (exact) mass is 396 g/mol. The molecule has 1 aliphatic heterocycles. The van der Waals surface area contributed by atoms with Gasteiger partial charge in [0.1, 0.15) is 17.2 Å². The summed E-state index contributed by atoms with van der Waals surface area (Å²) in [4.78, 5) is 24.6. The Labute approximate surface area is 167 Å². The highest BCUT2D eigenvalue weighted by Crippen LogP contribution is 2.39. The summed E-state index contributed by atoms with van der Waals surface area (Å²) in [6.45, 7) is 0. The summed E-state index contributed by atoms with van der Waals surface area (Å²) in [5, 5.41) is 0. The predicted molar refractivity (Wildman–Crippen MR) is 104 cm³/mol. The minimum Gasteiger partial charge on any atom is -0.496 e. The fraction of sp³-hybridized carbons (Fsp3) is 0.273. The average Bonchev–Trinajstić information content (AvgIpc) is 3.54. The van der Waals surface area contributed by atoms with Crippen LogP contribution in [0.3, 0.4) is 0 Å².